The Labute approximate surface area is 123 Å². The molecule has 0 unspecified atom stereocenters. The van der Waals surface area contributed by atoms with Crippen LogP contribution in [0.1, 0.15) is 5.56 Å². The SMILES string of the molecule is COc1cc(OC)c(OC)cc1CNc1cccc(F)c1. The Kier molecular flexibility index (Phi) is 4.87. The number of ether oxygens (including phenoxy) is 3. The van der Waals surface area contributed by atoms with Gasteiger partial charge in [0.25, 0.3) is 0 Å². The maximum atomic E-state index is 13.2. The molecule has 0 bridgehead atoms. The van der Waals surface area contributed by atoms with Crippen molar-refractivity contribution in [1.29, 1.82) is 0 Å². The van der Waals surface area contributed by atoms with Gasteiger partial charge in [-0.1, -0.05) is 6.07 Å². The Morgan fingerprint density at radius 3 is 2.19 bits per heavy atom. The number of methoxy groups -OCH3 is 3. The molecule has 5 heteroatoms. The van der Waals surface area contributed by atoms with Crippen LogP contribution in [0.2, 0.25) is 0 Å². The molecule has 0 aliphatic carbocycles. The number of benzene rings is 2. The van der Waals surface area contributed by atoms with Gasteiger partial charge in [-0.3, -0.25) is 0 Å². The molecule has 0 atom stereocenters. The van der Waals surface area contributed by atoms with Crippen LogP contribution in [0.25, 0.3) is 0 Å². The summed E-state index contributed by atoms with van der Waals surface area (Å²) in [7, 11) is 4.74. The van der Waals surface area contributed by atoms with E-state index in [9.17, 15) is 4.39 Å². The zero-order valence-corrected chi connectivity index (χ0v) is 12.3. The minimum Gasteiger partial charge on any atom is -0.496 e. The summed E-state index contributed by atoms with van der Waals surface area (Å²) >= 11 is 0. The largest absolute Gasteiger partial charge is 0.496 e. The van der Waals surface area contributed by atoms with E-state index in [1.54, 1.807) is 39.5 Å². The summed E-state index contributed by atoms with van der Waals surface area (Å²) in [6.45, 7) is 0.479. The van der Waals surface area contributed by atoms with Crippen LogP contribution in [-0.4, -0.2) is 21.3 Å². The summed E-state index contributed by atoms with van der Waals surface area (Å²) < 4.78 is 29.0. The van der Waals surface area contributed by atoms with Gasteiger partial charge in [0.15, 0.2) is 11.5 Å². The van der Waals surface area contributed by atoms with Crippen LogP contribution in [-0.2, 0) is 6.54 Å². The van der Waals surface area contributed by atoms with Crippen molar-refractivity contribution >= 4 is 5.69 Å². The van der Waals surface area contributed by atoms with E-state index in [2.05, 4.69) is 5.32 Å². The zero-order chi connectivity index (χ0) is 15.2. The van der Waals surface area contributed by atoms with E-state index < -0.39 is 0 Å². The monoisotopic (exact) mass is 291 g/mol. The Morgan fingerprint density at radius 1 is 0.905 bits per heavy atom. The lowest BCUT2D eigenvalue weighted by Gasteiger charge is -2.15. The van der Waals surface area contributed by atoms with Crippen LogP contribution in [0, 0.1) is 5.82 Å². The van der Waals surface area contributed by atoms with Crippen molar-refractivity contribution in [2.75, 3.05) is 26.6 Å². The third-order valence-electron chi connectivity index (χ3n) is 3.09. The molecule has 0 aliphatic heterocycles. The summed E-state index contributed by atoms with van der Waals surface area (Å²) in [6.07, 6.45) is 0. The molecular weight excluding hydrogens is 273 g/mol. The molecule has 2 aromatic rings. The Bertz CT molecular complexity index is 616. The summed E-state index contributed by atoms with van der Waals surface area (Å²) in [5, 5.41) is 3.15. The molecule has 0 fully saturated rings. The summed E-state index contributed by atoms with van der Waals surface area (Å²) in [6, 6.07) is 9.90. The van der Waals surface area contributed by atoms with E-state index in [1.807, 2.05) is 6.07 Å². The molecule has 0 radical (unpaired) electrons. The number of hydrogen-bond donors (Lipinski definition) is 1. The van der Waals surface area contributed by atoms with Gasteiger partial charge in [-0.05, 0) is 24.3 Å². The van der Waals surface area contributed by atoms with Gasteiger partial charge in [0.1, 0.15) is 11.6 Å². The molecule has 4 nitrogen and oxygen atoms in total. The van der Waals surface area contributed by atoms with E-state index >= 15 is 0 Å². The van der Waals surface area contributed by atoms with Crippen molar-refractivity contribution in [1.82, 2.24) is 0 Å². The van der Waals surface area contributed by atoms with Crippen molar-refractivity contribution in [2.24, 2.45) is 0 Å². The van der Waals surface area contributed by atoms with Gasteiger partial charge < -0.3 is 19.5 Å². The van der Waals surface area contributed by atoms with E-state index in [0.29, 0.717) is 29.5 Å². The predicted molar refractivity (Wildman–Crippen MR) is 79.8 cm³/mol. The molecule has 0 amide bonds. The van der Waals surface area contributed by atoms with Gasteiger partial charge in [-0.25, -0.2) is 4.39 Å². The highest BCUT2D eigenvalue weighted by atomic mass is 19.1. The number of anilines is 1. The van der Waals surface area contributed by atoms with Crippen LogP contribution in [0.15, 0.2) is 36.4 Å². The highest BCUT2D eigenvalue weighted by molar-refractivity contribution is 5.52. The van der Waals surface area contributed by atoms with Gasteiger partial charge in [-0.2, -0.15) is 0 Å². The molecule has 2 aromatic carbocycles. The molecule has 2 rings (SSSR count). The highest BCUT2D eigenvalue weighted by Gasteiger charge is 2.11. The second kappa shape index (κ2) is 6.83. The lowest BCUT2D eigenvalue weighted by Crippen LogP contribution is -2.03. The van der Waals surface area contributed by atoms with Gasteiger partial charge in [0.2, 0.25) is 0 Å². The second-order valence-corrected chi connectivity index (χ2v) is 4.38. The summed E-state index contributed by atoms with van der Waals surface area (Å²) in [4.78, 5) is 0. The summed E-state index contributed by atoms with van der Waals surface area (Å²) in [5.74, 6) is 1.62. The first-order valence-corrected chi connectivity index (χ1v) is 6.46. The fourth-order valence-electron chi connectivity index (χ4n) is 2.03. The molecule has 0 saturated carbocycles. The second-order valence-electron chi connectivity index (χ2n) is 4.38. The molecule has 0 aliphatic rings. The lowest BCUT2D eigenvalue weighted by molar-refractivity contribution is 0.347. The van der Waals surface area contributed by atoms with E-state index in [4.69, 9.17) is 14.2 Å². The predicted octanol–water partition coefficient (Wildman–Crippen LogP) is 3.46. The van der Waals surface area contributed by atoms with Gasteiger partial charge in [-0.15, -0.1) is 0 Å². The minimum atomic E-state index is -0.278. The normalized spacial score (nSPS) is 10.1. The Balaban J connectivity index is 2.22. The third kappa shape index (κ3) is 3.56. The van der Waals surface area contributed by atoms with Gasteiger partial charge >= 0.3 is 0 Å². The minimum absolute atomic E-state index is 0.278. The topological polar surface area (TPSA) is 39.7 Å². The van der Waals surface area contributed by atoms with E-state index in [0.717, 1.165) is 5.56 Å². The first kappa shape index (κ1) is 15.0. The Hall–Kier alpha value is -2.43. The fourth-order valence-corrected chi connectivity index (χ4v) is 2.03. The van der Waals surface area contributed by atoms with Crippen molar-refractivity contribution in [3.8, 4) is 17.2 Å². The number of halogens is 1. The van der Waals surface area contributed by atoms with Crippen molar-refractivity contribution in [3.63, 3.8) is 0 Å². The van der Waals surface area contributed by atoms with Crippen LogP contribution in [0.4, 0.5) is 10.1 Å². The number of rotatable bonds is 6. The molecule has 0 saturated heterocycles. The van der Waals surface area contributed by atoms with Crippen molar-refractivity contribution in [3.05, 3.63) is 47.8 Å². The fraction of sp³-hybridized carbons (Fsp3) is 0.250. The average molecular weight is 291 g/mol. The number of nitrogens with one attached hydrogen (secondary N) is 1. The number of hydrogen-bond acceptors (Lipinski definition) is 4. The maximum Gasteiger partial charge on any atom is 0.164 e. The third-order valence-corrected chi connectivity index (χ3v) is 3.09. The average Bonchev–Trinajstić information content (AvgIpc) is 2.52. The molecule has 0 heterocycles. The molecule has 1 N–H and O–H groups in total. The lowest BCUT2D eigenvalue weighted by atomic mass is 10.1. The van der Waals surface area contributed by atoms with Gasteiger partial charge in [0, 0.05) is 23.9 Å². The molecule has 112 valence electrons. The van der Waals surface area contributed by atoms with Gasteiger partial charge in [0.05, 0.1) is 21.3 Å². The van der Waals surface area contributed by atoms with E-state index in [-0.39, 0.29) is 5.82 Å². The molecular formula is C16H18FNO3. The quantitative estimate of drug-likeness (QED) is 0.884. The Morgan fingerprint density at radius 2 is 1.57 bits per heavy atom. The summed E-state index contributed by atoms with van der Waals surface area (Å²) in [5.41, 5.74) is 1.59. The maximum absolute atomic E-state index is 13.2. The highest BCUT2D eigenvalue weighted by Crippen LogP contribution is 2.34. The zero-order valence-electron chi connectivity index (χ0n) is 12.3. The first-order valence-electron chi connectivity index (χ1n) is 6.46. The smallest absolute Gasteiger partial charge is 0.164 e. The van der Waals surface area contributed by atoms with E-state index in [1.165, 1.54) is 12.1 Å². The van der Waals surface area contributed by atoms with Crippen molar-refractivity contribution in [2.45, 2.75) is 6.54 Å². The van der Waals surface area contributed by atoms with Crippen LogP contribution < -0.4 is 19.5 Å². The molecule has 0 aromatic heterocycles. The molecule has 21 heavy (non-hydrogen) atoms. The van der Waals surface area contributed by atoms with Crippen LogP contribution >= 0.6 is 0 Å². The first-order chi connectivity index (χ1) is 10.2. The van der Waals surface area contributed by atoms with Crippen LogP contribution in [0.5, 0.6) is 17.2 Å². The molecule has 0 spiro atoms. The van der Waals surface area contributed by atoms with Crippen molar-refractivity contribution < 1.29 is 18.6 Å². The standard InChI is InChI=1S/C16H18FNO3/c1-19-14-9-16(21-3)15(20-2)7-11(14)10-18-13-6-4-5-12(17)8-13/h4-9,18H,10H2,1-3H3. The van der Waals surface area contributed by atoms with Crippen LogP contribution in [0.3, 0.4) is 0 Å².